The molecule has 2 N–H and O–H groups in total. The van der Waals surface area contributed by atoms with Gasteiger partial charge >= 0.3 is 0 Å². The number of anilines is 2. The van der Waals surface area contributed by atoms with Crippen LogP contribution in [0, 0.1) is 5.92 Å². The van der Waals surface area contributed by atoms with Crippen LogP contribution in [0.2, 0.25) is 0 Å². The number of hydrogen-bond donors (Lipinski definition) is 1. The highest BCUT2D eigenvalue weighted by atomic mass is 32.1. The van der Waals surface area contributed by atoms with Crippen LogP contribution in [0.3, 0.4) is 0 Å². The molecule has 0 saturated heterocycles. The number of nitrogens with two attached hydrogens (primary N) is 1. The SMILES string of the molecule is CN(CC1CC1)c1snc(N)c1-c1ccccc1. The number of hydrogen-bond acceptors (Lipinski definition) is 4. The average Bonchev–Trinajstić information content (AvgIpc) is 3.11. The van der Waals surface area contributed by atoms with Gasteiger partial charge in [0.15, 0.2) is 0 Å². The zero-order valence-corrected chi connectivity index (χ0v) is 11.3. The van der Waals surface area contributed by atoms with Crippen LogP contribution in [-0.2, 0) is 0 Å². The Hall–Kier alpha value is -1.55. The fraction of sp³-hybridized carbons (Fsp3) is 0.357. The van der Waals surface area contributed by atoms with Crippen LogP contribution in [0.1, 0.15) is 12.8 Å². The lowest BCUT2D eigenvalue weighted by atomic mass is 10.1. The van der Waals surface area contributed by atoms with Crippen LogP contribution >= 0.6 is 11.5 Å². The van der Waals surface area contributed by atoms with Crippen molar-refractivity contribution in [2.45, 2.75) is 12.8 Å². The molecule has 18 heavy (non-hydrogen) atoms. The lowest BCUT2D eigenvalue weighted by molar-refractivity contribution is 0.793. The summed E-state index contributed by atoms with van der Waals surface area (Å²) >= 11 is 1.50. The third kappa shape index (κ3) is 2.20. The van der Waals surface area contributed by atoms with Crippen molar-refractivity contribution in [1.82, 2.24) is 4.37 Å². The molecule has 0 unspecified atom stereocenters. The summed E-state index contributed by atoms with van der Waals surface area (Å²) in [5, 5.41) is 1.19. The maximum atomic E-state index is 6.03. The van der Waals surface area contributed by atoms with Gasteiger partial charge in [0.2, 0.25) is 0 Å². The Labute approximate surface area is 111 Å². The van der Waals surface area contributed by atoms with Crippen LogP contribution < -0.4 is 10.6 Å². The fourth-order valence-corrected chi connectivity index (χ4v) is 3.00. The van der Waals surface area contributed by atoms with Gasteiger partial charge in [-0.15, -0.1) is 0 Å². The maximum Gasteiger partial charge on any atom is 0.147 e. The summed E-state index contributed by atoms with van der Waals surface area (Å²) in [7, 11) is 2.14. The van der Waals surface area contributed by atoms with Gasteiger partial charge in [-0.1, -0.05) is 30.3 Å². The van der Waals surface area contributed by atoms with Crippen molar-refractivity contribution in [3.8, 4) is 11.1 Å². The molecule has 2 aromatic rings. The zero-order valence-electron chi connectivity index (χ0n) is 10.5. The van der Waals surface area contributed by atoms with Gasteiger partial charge in [-0.05, 0) is 35.9 Å². The molecule has 1 fully saturated rings. The predicted octanol–water partition coefficient (Wildman–Crippen LogP) is 3.24. The molecule has 0 spiro atoms. The van der Waals surface area contributed by atoms with Crippen molar-refractivity contribution in [3.05, 3.63) is 30.3 Å². The van der Waals surface area contributed by atoms with Crippen LogP contribution in [-0.4, -0.2) is 18.0 Å². The van der Waals surface area contributed by atoms with Crippen molar-refractivity contribution in [3.63, 3.8) is 0 Å². The summed E-state index contributed by atoms with van der Waals surface area (Å²) in [5.41, 5.74) is 8.27. The van der Waals surface area contributed by atoms with E-state index in [2.05, 4.69) is 28.5 Å². The molecule has 1 aliphatic rings. The molecule has 3 rings (SSSR count). The van der Waals surface area contributed by atoms with Crippen molar-refractivity contribution in [2.75, 3.05) is 24.2 Å². The number of rotatable bonds is 4. The second kappa shape index (κ2) is 4.61. The van der Waals surface area contributed by atoms with E-state index in [0.29, 0.717) is 5.82 Å². The first-order valence-corrected chi connectivity index (χ1v) is 7.04. The number of benzene rings is 1. The van der Waals surface area contributed by atoms with Gasteiger partial charge < -0.3 is 10.6 Å². The van der Waals surface area contributed by atoms with Crippen molar-refractivity contribution >= 4 is 22.4 Å². The molecule has 4 heteroatoms. The van der Waals surface area contributed by atoms with Crippen LogP contribution in [0.5, 0.6) is 0 Å². The first-order chi connectivity index (χ1) is 8.75. The lowest BCUT2D eigenvalue weighted by Crippen LogP contribution is -2.19. The van der Waals surface area contributed by atoms with Gasteiger partial charge in [0.1, 0.15) is 10.8 Å². The monoisotopic (exact) mass is 259 g/mol. The number of nitrogen functional groups attached to an aromatic ring is 1. The van der Waals surface area contributed by atoms with Gasteiger partial charge in [0.05, 0.1) is 5.56 Å². The molecule has 1 aromatic heterocycles. The van der Waals surface area contributed by atoms with E-state index < -0.39 is 0 Å². The van der Waals surface area contributed by atoms with E-state index in [0.717, 1.165) is 23.6 Å². The Balaban J connectivity index is 1.95. The summed E-state index contributed by atoms with van der Waals surface area (Å²) < 4.78 is 4.32. The molecule has 0 amide bonds. The molecule has 0 aliphatic heterocycles. The van der Waals surface area contributed by atoms with E-state index in [4.69, 9.17) is 5.73 Å². The second-order valence-corrected chi connectivity index (χ2v) is 5.69. The van der Waals surface area contributed by atoms with E-state index in [1.165, 1.54) is 29.4 Å². The van der Waals surface area contributed by atoms with Crippen molar-refractivity contribution in [2.24, 2.45) is 5.92 Å². The minimum Gasteiger partial charge on any atom is -0.382 e. The van der Waals surface area contributed by atoms with Crippen LogP contribution in [0.15, 0.2) is 30.3 Å². The quantitative estimate of drug-likeness (QED) is 0.916. The van der Waals surface area contributed by atoms with E-state index in [1.807, 2.05) is 18.2 Å². The molecule has 1 heterocycles. The Bertz CT molecular complexity index is 531. The highest BCUT2D eigenvalue weighted by Gasteiger charge is 2.25. The maximum absolute atomic E-state index is 6.03. The molecule has 1 aliphatic carbocycles. The van der Waals surface area contributed by atoms with E-state index in [-0.39, 0.29) is 0 Å². The lowest BCUT2D eigenvalue weighted by Gasteiger charge is -2.18. The summed E-state index contributed by atoms with van der Waals surface area (Å²) in [4.78, 5) is 2.30. The largest absolute Gasteiger partial charge is 0.382 e. The van der Waals surface area contributed by atoms with Crippen LogP contribution in [0.4, 0.5) is 10.8 Å². The molecular formula is C14H17N3S. The van der Waals surface area contributed by atoms with Gasteiger partial charge in [-0.3, -0.25) is 0 Å². The van der Waals surface area contributed by atoms with Gasteiger partial charge in [0, 0.05) is 13.6 Å². The molecule has 3 nitrogen and oxygen atoms in total. The topological polar surface area (TPSA) is 42.2 Å². The number of aromatic nitrogens is 1. The van der Waals surface area contributed by atoms with Crippen molar-refractivity contribution < 1.29 is 0 Å². The summed E-state index contributed by atoms with van der Waals surface area (Å²) in [5.74, 6) is 1.51. The smallest absolute Gasteiger partial charge is 0.147 e. The highest BCUT2D eigenvalue weighted by Crippen LogP contribution is 2.40. The first-order valence-electron chi connectivity index (χ1n) is 6.27. The second-order valence-electron chi connectivity index (χ2n) is 4.94. The van der Waals surface area contributed by atoms with Gasteiger partial charge in [-0.2, -0.15) is 4.37 Å². The Morgan fingerprint density at radius 1 is 1.33 bits per heavy atom. The summed E-state index contributed by atoms with van der Waals surface area (Å²) in [6.07, 6.45) is 2.72. The molecule has 1 saturated carbocycles. The third-order valence-corrected chi connectivity index (χ3v) is 4.32. The van der Waals surface area contributed by atoms with E-state index in [1.54, 1.807) is 0 Å². The Morgan fingerprint density at radius 2 is 2.06 bits per heavy atom. The van der Waals surface area contributed by atoms with Gasteiger partial charge in [-0.25, -0.2) is 0 Å². The number of nitrogens with zero attached hydrogens (tertiary/aromatic N) is 2. The molecular weight excluding hydrogens is 242 g/mol. The van der Waals surface area contributed by atoms with E-state index >= 15 is 0 Å². The Kier molecular flexibility index (Phi) is 2.96. The highest BCUT2D eigenvalue weighted by molar-refractivity contribution is 7.11. The minimum absolute atomic E-state index is 0.642. The molecule has 1 aromatic carbocycles. The zero-order chi connectivity index (χ0) is 12.5. The molecule has 0 atom stereocenters. The van der Waals surface area contributed by atoms with E-state index in [9.17, 15) is 0 Å². The average molecular weight is 259 g/mol. The third-order valence-electron chi connectivity index (χ3n) is 3.34. The molecule has 94 valence electrons. The molecule has 0 radical (unpaired) electrons. The van der Waals surface area contributed by atoms with Crippen molar-refractivity contribution in [1.29, 1.82) is 0 Å². The standard InChI is InChI=1S/C14H17N3S/c1-17(9-10-7-8-10)14-12(13(15)16-18-14)11-5-3-2-4-6-11/h2-6,10H,7-9H2,1H3,(H2,15,16). The minimum atomic E-state index is 0.642. The summed E-state index contributed by atoms with van der Waals surface area (Å²) in [6, 6.07) is 10.3. The summed E-state index contributed by atoms with van der Waals surface area (Å²) in [6.45, 7) is 1.11. The molecule has 0 bridgehead atoms. The van der Waals surface area contributed by atoms with Gasteiger partial charge in [0.25, 0.3) is 0 Å². The first kappa shape index (κ1) is 11.5. The normalized spacial score (nSPS) is 14.7. The fourth-order valence-electron chi connectivity index (χ4n) is 2.20. The predicted molar refractivity (Wildman–Crippen MR) is 78.0 cm³/mol. The Morgan fingerprint density at radius 3 is 2.72 bits per heavy atom. The van der Waals surface area contributed by atoms with Crippen LogP contribution in [0.25, 0.3) is 11.1 Å².